The van der Waals surface area contributed by atoms with Gasteiger partial charge in [0, 0.05) is 35.2 Å². The van der Waals surface area contributed by atoms with E-state index in [1.54, 1.807) is 4.90 Å². The summed E-state index contributed by atoms with van der Waals surface area (Å²) in [5, 5.41) is 11.9. The second kappa shape index (κ2) is 8.26. The fourth-order valence-electron chi connectivity index (χ4n) is 3.21. The average Bonchev–Trinajstić information content (AvgIpc) is 3.32. The lowest BCUT2D eigenvalue weighted by Crippen LogP contribution is -2.24. The Balaban J connectivity index is 1.41. The van der Waals surface area contributed by atoms with Crippen LogP contribution in [-0.4, -0.2) is 28.6 Å². The number of nitrogens with zero attached hydrogens (tertiary/aromatic N) is 3. The molecule has 1 aliphatic rings. The fourth-order valence-corrected chi connectivity index (χ4v) is 4.29. The summed E-state index contributed by atoms with van der Waals surface area (Å²) in [6, 6.07) is 13.7. The maximum atomic E-state index is 13.8. The van der Waals surface area contributed by atoms with Crippen molar-refractivity contribution in [3.8, 4) is 0 Å². The average molecular weight is 431 g/mol. The highest BCUT2D eigenvalue weighted by atomic mass is 35.5. The van der Waals surface area contributed by atoms with Crippen molar-refractivity contribution in [1.82, 2.24) is 10.2 Å². The smallest absolute Gasteiger partial charge is 0.230 e. The van der Waals surface area contributed by atoms with Crippen molar-refractivity contribution >= 4 is 45.6 Å². The van der Waals surface area contributed by atoms with E-state index in [2.05, 4.69) is 15.5 Å². The summed E-state index contributed by atoms with van der Waals surface area (Å²) in [5.41, 5.74) is 0.983. The van der Waals surface area contributed by atoms with Gasteiger partial charge in [0.2, 0.25) is 16.9 Å². The monoisotopic (exact) mass is 430 g/mol. The first-order valence-corrected chi connectivity index (χ1v) is 10.1. The number of nitrogens with one attached hydrogen (secondary N) is 1. The Kier molecular flexibility index (Phi) is 5.55. The molecule has 1 atom stereocenters. The maximum Gasteiger partial charge on any atom is 0.230 e. The number of rotatable bonds is 5. The van der Waals surface area contributed by atoms with Gasteiger partial charge in [-0.1, -0.05) is 47.2 Å². The standard InChI is InChI=1S/C20H16ClFN4O2S/c21-15-7-4-8-16(22)14(15)10-17(27)23-20-25-24-19(29-20)12-9-18(28)26(11-12)13-5-2-1-3-6-13/h1-8,12H,9-11H2,(H,23,25,27). The van der Waals surface area contributed by atoms with Crippen molar-refractivity contribution in [3.05, 3.63) is 69.9 Å². The number of hydrogen-bond acceptors (Lipinski definition) is 5. The van der Waals surface area contributed by atoms with E-state index in [1.807, 2.05) is 30.3 Å². The third-order valence-electron chi connectivity index (χ3n) is 4.63. The summed E-state index contributed by atoms with van der Waals surface area (Å²) >= 11 is 7.18. The van der Waals surface area contributed by atoms with Crippen molar-refractivity contribution < 1.29 is 14.0 Å². The zero-order valence-electron chi connectivity index (χ0n) is 15.1. The van der Waals surface area contributed by atoms with E-state index in [0.717, 1.165) is 5.69 Å². The van der Waals surface area contributed by atoms with Gasteiger partial charge in [0.15, 0.2) is 0 Å². The van der Waals surface area contributed by atoms with Gasteiger partial charge in [0.25, 0.3) is 0 Å². The lowest BCUT2D eigenvalue weighted by Gasteiger charge is -2.15. The predicted molar refractivity (Wildman–Crippen MR) is 110 cm³/mol. The van der Waals surface area contributed by atoms with Crippen LogP contribution in [0.4, 0.5) is 15.2 Å². The minimum atomic E-state index is -0.531. The molecule has 2 amide bonds. The molecule has 148 valence electrons. The first kappa shape index (κ1) is 19.5. The predicted octanol–water partition coefficient (Wildman–Crippen LogP) is 4.03. The lowest BCUT2D eigenvalue weighted by molar-refractivity contribution is -0.117. The second-order valence-electron chi connectivity index (χ2n) is 6.61. The number of hydrogen-bond donors (Lipinski definition) is 1. The molecular formula is C20H16ClFN4O2S. The van der Waals surface area contributed by atoms with Crippen LogP contribution < -0.4 is 10.2 Å². The Morgan fingerprint density at radius 3 is 2.76 bits per heavy atom. The molecule has 9 heteroatoms. The number of carbonyl (C=O) groups is 2. The highest BCUT2D eigenvalue weighted by molar-refractivity contribution is 7.15. The molecule has 1 unspecified atom stereocenters. The Labute approximate surface area is 175 Å². The molecule has 1 aromatic heterocycles. The van der Waals surface area contributed by atoms with E-state index in [9.17, 15) is 14.0 Å². The molecule has 29 heavy (non-hydrogen) atoms. The number of para-hydroxylation sites is 1. The largest absolute Gasteiger partial charge is 0.312 e. The summed E-state index contributed by atoms with van der Waals surface area (Å²) < 4.78 is 13.8. The highest BCUT2D eigenvalue weighted by Gasteiger charge is 2.33. The van der Waals surface area contributed by atoms with E-state index in [0.29, 0.717) is 23.1 Å². The lowest BCUT2D eigenvalue weighted by atomic mass is 10.1. The third-order valence-corrected chi connectivity index (χ3v) is 5.98. The van der Waals surface area contributed by atoms with E-state index in [1.165, 1.54) is 29.5 Å². The number of carbonyl (C=O) groups excluding carboxylic acids is 2. The molecule has 0 bridgehead atoms. The quantitative estimate of drug-likeness (QED) is 0.663. The summed E-state index contributed by atoms with van der Waals surface area (Å²) in [6.45, 7) is 0.510. The fraction of sp³-hybridized carbons (Fsp3) is 0.200. The SMILES string of the molecule is O=C(Cc1c(F)cccc1Cl)Nc1nnc(C2CC(=O)N(c3ccccc3)C2)s1. The normalized spacial score (nSPS) is 16.3. The van der Waals surface area contributed by atoms with Gasteiger partial charge in [0.1, 0.15) is 10.8 Å². The molecule has 4 rings (SSSR count). The molecule has 0 aliphatic carbocycles. The van der Waals surface area contributed by atoms with Crippen LogP contribution >= 0.6 is 22.9 Å². The van der Waals surface area contributed by atoms with Crippen LogP contribution in [-0.2, 0) is 16.0 Å². The van der Waals surface area contributed by atoms with Gasteiger partial charge < -0.3 is 10.2 Å². The summed E-state index contributed by atoms with van der Waals surface area (Å²) in [4.78, 5) is 26.3. The van der Waals surface area contributed by atoms with Crippen LogP contribution in [0.25, 0.3) is 0 Å². The number of aromatic nitrogens is 2. The van der Waals surface area contributed by atoms with E-state index < -0.39 is 11.7 Å². The van der Waals surface area contributed by atoms with Crippen molar-refractivity contribution in [1.29, 1.82) is 0 Å². The van der Waals surface area contributed by atoms with Gasteiger partial charge in [-0.25, -0.2) is 4.39 Å². The molecule has 0 spiro atoms. The number of halogens is 2. The Bertz CT molecular complexity index is 1040. The van der Waals surface area contributed by atoms with Crippen LogP contribution in [0, 0.1) is 5.82 Å². The summed E-state index contributed by atoms with van der Waals surface area (Å²) in [5.74, 6) is -1.03. The van der Waals surface area contributed by atoms with Crippen LogP contribution in [0.15, 0.2) is 48.5 Å². The van der Waals surface area contributed by atoms with E-state index in [-0.39, 0.29) is 28.8 Å². The second-order valence-corrected chi connectivity index (χ2v) is 8.03. The summed E-state index contributed by atoms with van der Waals surface area (Å²) in [7, 11) is 0. The number of anilines is 2. The van der Waals surface area contributed by atoms with Crippen molar-refractivity contribution in [2.75, 3.05) is 16.8 Å². The Morgan fingerprint density at radius 2 is 2.00 bits per heavy atom. The van der Waals surface area contributed by atoms with E-state index >= 15 is 0 Å². The minimum absolute atomic E-state index is 0.0242. The van der Waals surface area contributed by atoms with Crippen LogP contribution in [0.5, 0.6) is 0 Å². The zero-order chi connectivity index (χ0) is 20.4. The first-order valence-electron chi connectivity index (χ1n) is 8.93. The zero-order valence-corrected chi connectivity index (χ0v) is 16.7. The van der Waals surface area contributed by atoms with Gasteiger partial charge >= 0.3 is 0 Å². The van der Waals surface area contributed by atoms with Crippen molar-refractivity contribution in [2.24, 2.45) is 0 Å². The molecule has 0 radical (unpaired) electrons. The highest BCUT2D eigenvalue weighted by Crippen LogP contribution is 2.34. The molecule has 1 N–H and O–H groups in total. The number of benzene rings is 2. The van der Waals surface area contributed by atoms with Gasteiger partial charge in [0.05, 0.1) is 6.42 Å². The van der Waals surface area contributed by atoms with Crippen LogP contribution in [0.2, 0.25) is 5.02 Å². The van der Waals surface area contributed by atoms with E-state index in [4.69, 9.17) is 11.6 Å². The molecule has 1 aliphatic heterocycles. The van der Waals surface area contributed by atoms with Gasteiger partial charge in [-0.05, 0) is 24.3 Å². The van der Waals surface area contributed by atoms with Gasteiger partial charge in [-0.2, -0.15) is 0 Å². The van der Waals surface area contributed by atoms with Crippen molar-refractivity contribution in [2.45, 2.75) is 18.8 Å². The first-order chi connectivity index (χ1) is 14.0. The molecule has 2 heterocycles. The number of amides is 2. The van der Waals surface area contributed by atoms with Gasteiger partial charge in [-0.15, -0.1) is 10.2 Å². The minimum Gasteiger partial charge on any atom is -0.312 e. The molecule has 2 aromatic carbocycles. The molecule has 0 saturated carbocycles. The molecule has 1 saturated heterocycles. The van der Waals surface area contributed by atoms with Crippen LogP contribution in [0.1, 0.15) is 22.9 Å². The molecule has 6 nitrogen and oxygen atoms in total. The molecule has 3 aromatic rings. The third kappa shape index (κ3) is 4.28. The maximum absolute atomic E-state index is 13.8. The van der Waals surface area contributed by atoms with Gasteiger partial charge in [-0.3, -0.25) is 9.59 Å². The van der Waals surface area contributed by atoms with Crippen LogP contribution in [0.3, 0.4) is 0 Å². The Morgan fingerprint density at radius 1 is 1.21 bits per heavy atom. The summed E-state index contributed by atoms with van der Waals surface area (Å²) in [6.07, 6.45) is 0.131. The molecule has 1 fully saturated rings. The molecular weight excluding hydrogens is 415 g/mol. The topological polar surface area (TPSA) is 75.2 Å². The van der Waals surface area contributed by atoms with Crippen molar-refractivity contribution in [3.63, 3.8) is 0 Å². The Hall–Kier alpha value is -2.84.